The van der Waals surface area contributed by atoms with Gasteiger partial charge in [-0.3, -0.25) is 10.1 Å². The summed E-state index contributed by atoms with van der Waals surface area (Å²) in [4.78, 5) is 30.1. The van der Waals surface area contributed by atoms with Crippen molar-refractivity contribution in [1.29, 1.82) is 0 Å². The number of nitrogens with zero attached hydrogens (tertiary/aromatic N) is 2. The highest BCUT2D eigenvalue weighted by atomic mass is 16.4. The molecule has 0 fully saturated rings. The number of oxazole rings is 1. The van der Waals surface area contributed by atoms with Gasteiger partial charge in [0.2, 0.25) is 0 Å². The minimum atomic E-state index is -0.333. The van der Waals surface area contributed by atoms with E-state index >= 15 is 0 Å². The first-order valence-electron chi connectivity index (χ1n) is 8.13. The van der Waals surface area contributed by atoms with Gasteiger partial charge in [0.15, 0.2) is 0 Å². The zero-order valence-corrected chi connectivity index (χ0v) is 13.8. The van der Waals surface area contributed by atoms with E-state index in [9.17, 15) is 9.59 Å². The van der Waals surface area contributed by atoms with Crippen LogP contribution in [0, 0.1) is 0 Å². The van der Waals surface area contributed by atoms with Crippen molar-refractivity contribution in [2.24, 2.45) is 0 Å². The minimum Gasteiger partial charge on any atom is -0.432 e. The lowest BCUT2D eigenvalue weighted by Gasteiger charge is -2.16. The fourth-order valence-corrected chi connectivity index (χ4v) is 2.84. The number of benzene rings is 2. The van der Waals surface area contributed by atoms with E-state index < -0.39 is 0 Å². The van der Waals surface area contributed by atoms with Gasteiger partial charge >= 0.3 is 12.0 Å². The minimum absolute atomic E-state index is 0.140. The number of rotatable bonds is 3. The van der Waals surface area contributed by atoms with Gasteiger partial charge in [0.1, 0.15) is 6.26 Å². The summed E-state index contributed by atoms with van der Waals surface area (Å²) in [5.41, 5.74) is 3.40. The fraction of sp³-hybridized carbons (Fsp3) is 0.105. The molecule has 0 saturated heterocycles. The molecule has 3 amide bonds. The Labute approximate surface area is 149 Å². The van der Waals surface area contributed by atoms with Crippen molar-refractivity contribution in [3.8, 4) is 0 Å². The Bertz CT molecular complexity index is 911. The highest BCUT2D eigenvalue weighted by Gasteiger charge is 2.22. The Morgan fingerprint density at radius 2 is 1.65 bits per heavy atom. The van der Waals surface area contributed by atoms with E-state index in [1.807, 2.05) is 24.3 Å². The van der Waals surface area contributed by atoms with E-state index in [1.165, 1.54) is 23.6 Å². The molecule has 0 atom stereocenters. The summed E-state index contributed by atoms with van der Waals surface area (Å²) in [5.74, 6) is -0.333. The zero-order chi connectivity index (χ0) is 17.9. The van der Waals surface area contributed by atoms with Crippen LogP contribution in [0.5, 0.6) is 0 Å². The predicted molar refractivity (Wildman–Crippen MR) is 95.6 cm³/mol. The van der Waals surface area contributed by atoms with Crippen LogP contribution < -0.4 is 10.6 Å². The number of hydrogen-bond acceptors (Lipinski definition) is 4. The summed E-state index contributed by atoms with van der Waals surface area (Å²) in [7, 11) is 0. The number of aromatic nitrogens is 1. The molecule has 3 aromatic rings. The van der Waals surface area contributed by atoms with E-state index in [4.69, 9.17) is 4.42 Å². The van der Waals surface area contributed by atoms with Gasteiger partial charge in [-0.05, 0) is 35.4 Å². The van der Waals surface area contributed by atoms with Gasteiger partial charge in [0.25, 0.3) is 5.91 Å². The lowest BCUT2D eigenvalue weighted by atomic mass is 10.1. The van der Waals surface area contributed by atoms with E-state index in [0.29, 0.717) is 24.3 Å². The van der Waals surface area contributed by atoms with Gasteiger partial charge in [-0.2, -0.15) is 0 Å². The second kappa shape index (κ2) is 6.72. The molecule has 7 nitrogen and oxygen atoms in total. The molecule has 1 aromatic heterocycles. The summed E-state index contributed by atoms with van der Waals surface area (Å²) in [6.45, 7) is 1.19. The summed E-state index contributed by atoms with van der Waals surface area (Å²) in [6.07, 6.45) is 2.83. The molecule has 0 unspecified atom stereocenters. The molecule has 7 heteroatoms. The van der Waals surface area contributed by atoms with Crippen LogP contribution in [0.4, 0.5) is 16.5 Å². The molecular weight excluding hydrogens is 332 g/mol. The van der Waals surface area contributed by atoms with Crippen molar-refractivity contribution in [2.45, 2.75) is 13.1 Å². The maximum atomic E-state index is 12.4. The fourth-order valence-electron chi connectivity index (χ4n) is 2.84. The van der Waals surface area contributed by atoms with Crippen LogP contribution in [-0.2, 0) is 13.1 Å². The molecule has 1 aliphatic rings. The third-order valence-corrected chi connectivity index (χ3v) is 4.18. The van der Waals surface area contributed by atoms with Gasteiger partial charge in [-0.25, -0.2) is 9.78 Å². The van der Waals surface area contributed by atoms with Crippen LogP contribution in [-0.4, -0.2) is 21.8 Å². The van der Waals surface area contributed by atoms with Crippen molar-refractivity contribution in [1.82, 2.24) is 9.88 Å². The Hall–Kier alpha value is -3.61. The van der Waals surface area contributed by atoms with Gasteiger partial charge in [0.05, 0.1) is 6.20 Å². The lowest BCUT2D eigenvalue weighted by Crippen LogP contribution is -2.30. The number of urea groups is 1. The second-order valence-corrected chi connectivity index (χ2v) is 5.92. The first-order chi connectivity index (χ1) is 12.7. The third-order valence-electron chi connectivity index (χ3n) is 4.18. The van der Waals surface area contributed by atoms with Crippen molar-refractivity contribution in [2.75, 3.05) is 10.6 Å². The van der Waals surface area contributed by atoms with E-state index in [2.05, 4.69) is 15.6 Å². The van der Waals surface area contributed by atoms with Gasteiger partial charge in [-0.15, -0.1) is 0 Å². The molecule has 1 aliphatic heterocycles. The van der Waals surface area contributed by atoms with Gasteiger partial charge < -0.3 is 14.6 Å². The molecule has 0 saturated carbocycles. The molecule has 0 radical (unpaired) electrons. The molecule has 0 spiro atoms. The quantitative estimate of drug-likeness (QED) is 0.759. The van der Waals surface area contributed by atoms with E-state index in [-0.39, 0.29) is 18.0 Å². The summed E-state index contributed by atoms with van der Waals surface area (Å²) < 4.78 is 4.98. The number of carbonyl (C=O) groups excluding carboxylic acids is 2. The molecule has 2 heterocycles. The number of nitrogens with one attached hydrogen (secondary N) is 2. The molecule has 0 aliphatic carbocycles. The maximum absolute atomic E-state index is 12.4. The normalized spacial score (nSPS) is 12.5. The van der Waals surface area contributed by atoms with E-state index in [1.54, 1.807) is 29.2 Å². The van der Waals surface area contributed by atoms with Crippen LogP contribution in [0.3, 0.4) is 0 Å². The Morgan fingerprint density at radius 1 is 0.962 bits per heavy atom. The first kappa shape index (κ1) is 15.9. The van der Waals surface area contributed by atoms with Crippen molar-refractivity contribution < 1.29 is 14.0 Å². The number of carbonyl (C=O) groups is 2. The standard InChI is InChI=1S/C19H16N4O3/c24-17(22-18-20-9-10-26-18)13-5-7-16(8-6-13)21-19(25)23-11-14-3-1-2-4-15(14)12-23/h1-10H,11-12H2,(H,21,25)(H,20,22,24). The van der Waals surface area contributed by atoms with Gasteiger partial charge in [0, 0.05) is 24.3 Å². The van der Waals surface area contributed by atoms with Crippen LogP contribution >= 0.6 is 0 Å². The van der Waals surface area contributed by atoms with Gasteiger partial charge in [-0.1, -0.05) is 24.3 Å². The molecule has 0 bridgehead atoms. The molecule has 4 rings (SSSR count). The molecular formula is C19H16N4O3. The Morgan fingerprint density at radius 3 is 2.27 bits per heavy atom. The van der Waals surface area contributed by atoms with Crippen LogP contribution in [0.25, 0.3) is 0 Å². The lowest BCUT2D eigenvalue weighted by molar-refractivity contribution is 0.102. The monoisotopic (exact) mass is 348 g/mol. The third kappa shape index (κ3) is 3.27. The highest BCUT2D eigenvalue weighted by Crippen LogP contribution is 2.23. The Balaban J connectivity index is 1.37. The average Bonchev–Trinajstić information content (AvgIpc) is 3.31. The maximum Gasteiger partial charge on any atom is 0.322 e. The molecule has 2 N–H and O–H groups in total. The van der Waals surface area contributed by atoms with Crippen LogP contribution in [0.1, 0.15) is 21.5 Å². The number of hydrogen-bond donors (Lipinski definition) is 2. The van der Waals surface area contributed by atoms with Crippen molar-refractivity contribution in [3.63, 3.8) is 0 Å². The summed E-state index contributed by atoms with van der Waals surface area (Å²) in [5, 5.41) is 5.40. The van der Waals surface area contributed by atoms with E-state index in [0.717, 1.165) is 0 Å². The van der Waals surface area contributed by atoms with Crippen molar-refractivity contribution >= 4 is 23.6 Å². The number of fused-ring (bicyclic) bond motifs is 1. The summed E-state index contributed by atoms with van der Waals surface area (Å²) >= 11 is 0. The largest absolute Gasteiger partial charge is 0.432 e. The molecule has 2 aromatic carbocycles. The predicted octanol–water partition coefficient (Wildman–Crippen LogP) is 3.47. The Kier molecular flexibility index (Phi) is 4.10. The topological polar surface area (TPSA) is 87.5 Å². The van der Waals surface area contributed by atoms with Crippen LogP contribution in [0.15, 0.2) is 65.4 Å². The second-order valence-electron chi connectivity index (χ2n) is 5.92. The highest BCUT2D eigenvalue weighted by molar-refractivity contribution is 6.03. The average molecular weight is 348 g/mol. The number of amides is 3. The molecule has 26 heavy (non-hydrogen) atoms. The SMILES string of the molecule is O=C(Nc1ncco1)c1ccc(NC(=O)N2Cc3ccccc3C2)cc1. The zero-order valence-electron chi connectivity index (χ0n) is 13.8. The number of anilines is 2. The van der Waals surface area contributed by atoms with Crippen LogP contribution in [0.2, 0.25) is 0 Å². The summed E-state index contributed by atoms with van der Waals surface area (Å²) in [6, 6.07) is 14.6. The first-order valence-corrected chi connectivity index (χ1v) is 8.13. The molecule has 130 valence electrons. The van der Waals surface area contributed by atoms with Crippen molar-refractivity contribution in [3.05, 3.63) is 77.7 Å². The smallest absolute Gasteiger partial charge is 0.322 e.